The van der Waals surface area contributed by atoms with Gasteiger partial charge in [-0.25, -0.2) is 0 Å². The first-order valence-electron chi connectivity index (χ1n) is 11.4. The Labute approximate surface area is 188 Å². The highest BCUT2D eigenvalue weighted by Gasteiger charge is 2.39. The summed E-state index contributed by atoms with van der Waals surface area (Å²) < 4.78 is 0. The normalized spacial score (nSPS) is 18.6. The molecule has 4 aromatic carbocycles. The number of benzene rings is 4. The SMILES string of the molecule is C1=CCC2C(=C1)C(c1ccccc1)=C1C(=C2c2ccccc2)c2cccc3cccc1c23. The highest BCUT2D eigenvalue weighted by Crippen LogP contribution is 2.60. The van der Waals surface area contributed by atoms with Crippen molar-refractivity contribution < 1.29 is 0 Å². The van der Waals surface area contributed by atoms with E-state index in [1.807, 2.05) is 0 Å². The summed E-state index contributed by atoms with van der Waals surface area (Å²) in [5, 5.41) is 2.72. The van der Waals surface area contributed by atoms with Crippen LogP contribution in [0, 0.1) is 5.92 Å². The smallest absolute Gasteiger partial charge is 0.0143 e. The Bertz CT molecular complexity index is 1500. The molecule has 0 saturated heterocycles. The molecule has 0 aliphatic heterocycles. The van der Waals surface area contributed by atoms with Gasteiger partial charge in [-0.1, -0.05) is 115 Å². The van der Waals surface area contributed by atoms with E-state index in [4.69, 9.17) is 0 Å². The van der Waals surface area contributed by atoms with Gasteiger partial charge in [-0.2, -0.15) is 0 Å². The van der Waals surface area contributed by atoms with E-state index in [0.717, 1.165) is 6.42 Å². The van der Waals surface area contributed by atoms with Gasteiger partial charge in [-0.05, 0) is 67.3 Å². The van der Waals surface area contributed by atoms with Crippen LogP contribution in [-0.4, -0.2) is 0 Å². The van der Waals surface area contributed by atoms with Crippen LogP contribution in [0.15, 0.2) is 121 Å². The van der Waals surface area contributed by atoms with Crippen LogP contribution >= 0.6 is 0 Å². The molecule has 0 saturated carbocycles. The molecule has 0 fully saturated rings. The van der Waals surface area contributed by atoms with Crippen molar-refractivity contribution in [3.63, 3.8) is 0 Å². The predicted molar refractivity (Wildman–Crippen MR) is 136 cm³/mol. The molecule has 0 heterocycles. The van der Waals surface area contributed by atoms with Crippen LogP contribution in [0.3, 0.4) is 0 Å². The summed E-state index contributed by atoms with van der Waals surface area (Å²) >= 11 is 0. The van der Waals surface area contributed by atoms with Crippen LogP contribution in [0.5, 0.6) is 0 Å². The van der Waals surface area contributed by atoms with Gasteiger partial charge in [0.2, 0.25) is 0 Å². The molecule has 0 bridgehead atoms. The predicted octanol–water partition coefficient (Wildman–Crippen LogP) is 8.19. The van der Waals surface area contributed by atoms with Crippen LogP contribution in [0.25, 0.3) is 33.1 Å². The Kier molecular flexibility index (Phi) is 3.77. The topological polar surface area (TPSA) is 0 Å². The van der Waals surface area contributed by atoms with E-state index in [2.05, 4.69) is 115 Å². The molecule has 32 heavy (non-hydrogen) atoms. The van der Waals surface area contributed by atoms with Gasteiger partial charge < -0.3 is 0 Å². The van der Waals surface area contributed by atoms with Gasteiger partial charge in [0.1, 0.15) is 0 Å². The number of fused-ring (bicyclic) bond motifs is 4. The summed E-state index contributed by atoms with van der Waals surface area (Å²) in [6, 6.07) is 35.6. The Balaban J connectivity index is 1.70. The molecule has 150 valence electrons. The molecule has 0 nitrogen and oxygen atoms in total. The van der Waals surface area contributed by atoms with Crippen molar-refractivity contribution in [2.24, 2.45) is 5.92 Å². The molecule has 0 aromatic heterocycles. The van der Waals surface area contributed by atoms with Crippen LogP contribution < -0.4 is 0 Å². The van der Waals surface area contributed by atoms with E-state index in [9.17, 15) is 0 Å². The van der Waals surface area contributed by atoms with Gasteiger partial charge in [0.05, 0.1) is 0 Å². The monoisotopic (exact) mass is 406 g/mol. The molecule has 0 N–H and O–H groups in total. The zero-order valence-corrected chi connectivity index (χ0v) is 17.8. The molecule has 3 aliphatic rings. The Morgan fingerprint density at radius 2 is 1.22 bits per heavy atom. The largest absolute Gasteiger partial charge is 0.0836 e. The molecule has 1 atom stereocenters. The fourth-order valence-corrected chi connectivity index (χ4v) is 5.92. The maximum absolute atomic E-state index is 2.35. The first-order chi connectivity index (χ1) is 15.9. The van der Waals surface area contributed by atoms with E-state index >= 15 is 0 Å². The zero-order chi connectivity index (χ0) is 21.1. The molecular formula is C32H22. The number of allylic oxidation sites excluding steroid dienone is 8. The molecular weight excluding hydrogens is 384 g/mol. The van der Waals surface area contributed by atoms with Gasteiger partial charge in [0, 0.05) is 5.92 Å². The van der Waals surface area contributed by atoms with Gasteiger partial charge in [-0.15, -0.1) is 0 Å². The molecule has 3 aliphatic carbocycles. The van der Waals surface area contributed by atoms with Gasteiger partial charge in [0.15, 0.2) is 0 Å². The van der Waals surface area contributed by atoms with E-state index in [1.165, 1.54) is 60.9 Å². The Hall–Kier alpha value is -3.90. The first kappa shape index (κ1) is 17.7. The van der Waals surface area contributed by atoms with Crippen molar-refractivity contribution in [2.45, 2.75) is 6.42 Å². The minimum Gasteiger partial charge on any atom is -0.0836 e. The lowest BCUT2D eigenvalue weighted by Gasteiger charge is -2.35. The molecule has 7 rings (SSSR count). The standard InChI is InChI=1S/C32H22/c1-3-11-22(12-4-1)29-24-17-7-8-18-25(24)30(23-13-5-2-6-14-23)32-27-20-10-16-21-15-9-19-26(28(21)27)31(29)32/h1-17,19-20,25H,18H2. The molecule has 0 radical (unpaired) electrons. The maximum atomic E-state index is 2.35. The van der Waals surface area contributed by atoms with Crippen LogP contribution in [0.2, 0.25) is 0 Å². The summed E-state index contributed by atoms with van der Waals surface area (Å²) in [5.74, 6) is 0.362. The summed E-state index contributed by atoms with van der Waals surface area (Å²) in [6.45, 7) is 0. The van der Waals surface area contributed by atoms with Gasteiger partial charge in [0.25, 0.3) is 0 Å². The van der Waals surface area contributed by atoms with E-state index in [1.54, 1.807) is 0 Å². The second-order valence-electron chi connectivity index (χ2n) is 8.82. The van der Waals surface area contributed by atoms with E-state index < -0.39 is 0 Å². The molecule has 0 heteroatoms. The van der Waals surface area contributed by atoms with Crippen LogP contribution in [-0.2, 0) is 0 Å². The second-order valence-corrected chi connectivity index (χ2v) is 8.82. The second kappa shape index (κ2) is 6.80. The molecule has 0 spiro atoms. The Morgan fingerprint density at radius 1 is 0.562 bits per heavy atom. The average Bonchev–Trinajstić information content (AvgIpc) is 3.19. The minimum atomic E-state index is 0.362. The number of hydrogen-bond acceptors (Lipinski definition) is 0. The summed E-state index contributed by atoms with van der Waals surface area (Å²) in [6.07, 6.45) is 7.96. The quantitative estimate of drug-likeness (QED) is 0.315. The summed E-state index contributed by atoms with van der Waals surface area (Å²) in [5.41, 5.74) is 12.5. The highest BCUT2D eigenvalue weighted by atomic mass is 14.4. The Morgan fingerprint density at radius 3 is 1.94 bits per heavy atom. The fraction of sp³-hybridized carbons (Fsp3) is 0.0625. The van der Waals surface area contributed by atoms with Gasteiger partial charge >= 0.3 is 0 Å². The molecule has 1 unspecified atom stereocenters. The third-order valence-electron chi connectivity index (χ3n) is 7.16. The number of rotatable bonds is 2. The lowest BCUT2D eigenvalue weighted by atomic mass is 9.68. The minimum absolute atomic E-state index is 0.362. The summed E-state index contributed by atoms with van der Waals surface area (Å²) in [4.78, 5) is 0. The zero-order valence-electron chi connectivity index (χ0n) is 17.8. The van der Waals surface area contributed by atoms with Crippen molar-refractivity contribution in [1.29, 1.82) is 0 Å². The van der Waals surface area contributed by atoms with Crippen LogP contribution in [0.1, 0.15) is 28.7 Å². The maximum Gasteiger partial charge on any atom is 0.0143 e. The highest BCUT2D eigenvalue weighted by molar-refractivity contribution is 6.35. The van der Waals surface area contributed by atoms with Crippen LogP contribution in [0.4, 0.5) is 0 Å². The van der Waals surface area contributed by atoms with Gasteiger partial charge in [-0.3, -0.25) is 0 Å². The van der Waals surface area contributed by atoms with Crippen molar-refractivity contribution in [3.05, 3.63) is 143 Å². The average molecular weight is 407 g/mol. The van der Waals surface area contributed by atoms with Crippen molar-refractivity contribution >= 4 is 33.1 Å². The lowest BCUT2D eigenvalue weighted by Crippen LogP contribution is -2.17. The third-order valence-corrected chi connectivity index (χ3v) is 7.16. The fourth-order valence-electron chi connectivity index (χ4n) is 5.92. The third kappa shape index (κ3) is 2.38. The molecule has 4 aromatic rings. The van der Waals surface area contributed by atoms with E-state index in [0.29, 0.717) is 5.92 Å². The lowest BCUT2D eigenvalue weighted by molar-refractivity contribution is 0.809. The molecule has 0 amide bonds. The first-order valence-corrected chi connectivity index (χ1v) is 11.4. The van der Waals surface area contributed by atoms with Crippen molar-refractivity contribution in [2.75, 3.05) is 0 Å². The number of hydrogen-bond donors (Lipinski definition) is 0. The van der Waals surface area contributed by atoms with Crippen molar-refractivity contribution in [3.8, 4) is 0 Å². The van der Waals surface area contributed by atoms with E-state index in [-0.39, 0.29) is 0 Å². The van der Waals surface area contributed by atoms with Crippen molar-refractivity contribution in [1.82, 2.24) is 0 Å². The summed E-state index contributed by atoms with van der Waals surface area (Å²) in [7, 11) is 0.